The fourth-order valence-electron chi connectivity index (χ4n) is 2.72. The van der Waals surface area contributed by atoms with Gasteiger partial charge in [0.05, 0.1) is 7.11 Å². The van der Waals surface area contributed by atoms with Crippen molar-refractivity contribution in [3.8, 4) is 5.88 Å². The SMILES string of the molecule is COc1cc(NCC(C2CC2)C2CC2)nc(C)n1. The number of ether oxygens (including phenoxy) is 1. The van der Waals surface area contributed by atoms with Gasteiger partial charge in [-0.15, -0.1) is 0 Å². The van der Waals surface area contributed by atoms with Crippen LogP contribution in [0.4, 0.5) is 5.82 Å². The smallest absolute Gasteiger partial charge is 0.218 e. The number of aromatic nitrogens is 2. The third kappa shape index (κ3) is 2.74. The summed E-state index contributed by atoms with van der Waals surface area (Å²) in [5, 5.41) is 3.47. The lowest BCUT2D eigenvalue weighted by molar-refractivity contribution is 0.395. The van der Waals surface area contributed by atoms with Crippen LogP contribution in [0.5, 0.6) is 5.88 Å². The molecule has 0 aromatic carbocycles. The molecule has 1 N–H and O–H groups in total. The van der Waals surface area contributed by atoms with Gasteiger partial charge in [0, 0.05) is 12.6 Å². The zero-order valence-corrected chi connectivity index (χ0v) is 11.1. The van der Waals surface area contributed by atoms with Gasteiger partial charge in [0.1, 0.15) is 11.6 Å². The van der Waals surface area contributed by atoms with Crippen LogP contribution in [0.15, 0.2) is 6.07 Å². The Balaban J connectivity index is 1.62. The molecule has 1 heterocycles. The van der Waals surface area contributed by atoms with Crippen LogP contribution >= 0.6 is 0 Å². The highest BCUT2D eigenvalue weighted by molar-refractivity contribution is 5.38. The predicted octanol–water partition coefficient (Wildman–Crippen LogP) is 2.64. The van der Waals surface area contributed by atoms with Gasteiger partial charge in [-0.05, 0) is 50.4 Å². The maximum Gasteiger partial charge on any atom is 0.218 e. The standard InChI is InChI=1S/C14H21N3O/c1-9-16-13(7-14(17-9)18-2)15-8-12(10-3-4-10)11-5-6-11/h7,10-12H,3-6,8H2,1-2H3,(H,15,16,17). The molecule has 98 valence electrons. The molecular formula is C14H21N3O. The van der Waals surface area contributed by atoms with Crippen LogP contribution < -0.4 is 10.1 Å². The maximum atomic E-state index is 5.17. The fraction of sp³-hybridized carbons (Fsp3) is 0.714. The zero-order chi connectivity index (χ0) is 12.5. The Hall–Kier alpha value is -1.32. The van der Waals surface area contributed by atoms with Crippen molar-refractivity contribution < 1.29 is 4.74 Å². The average Bonchev–Trinajstić information content (AvgIpc) is 3.22. The third-order valence-corrected chi connectivity index (χ3v) is 4.00. The quantitative estimate of drug-likeness (QED) is 0.839. The van der Waals surface area contributed by atoms with Gasteiger partial charge in [-0.1, -0.05) is 0 Å². The summed E-state index contributed by atoms with van der Waals surface area (Å²) >= 11 is 0. The number of nitrogens with zero attached hydrogens (tertiary/aromatic N) is 2. The van der Waals surface area contributed by atoms with Crippen molar-refractivity contribution in [1.82, 2.24) is 9.97 Å². The number of aryl methyl sites for hydroxylation is 1. The van der Waals surface area contributed by atoms with E-state index in [2.05, 4.69) is 15.3 Å². The van der Waals surface area contributed by atoms with E-state index in [0.29, 0.717) is 5.88 Å². The Kier molecular flexibility index (Phi) is 3.10. The second kappa shape index (κ2) is 4.75. The Labute approximate surface area is 108 Å². The molecule has 4 nitrogen and oxygen atoms in total. The first-order valence-electron chi connectivity index (χ1n) is 6.90. The predicted molar refractivity (Wildman–Crippen MR) is 70.7 cm³/mol. The van der Waals surface area contributed by atoms with Crippen LogP contribution in [0.2, 0.25) is 0 Å². The van der Waals surface area contributed by atoms with E-state index in [-0.39, 0.29) is 0 Å². The molecular weight excluding hydrogens is 226 g/mol. The van der Waals surface area contributed by atoms with Gasteiger partial charge in [0.2, 0.25) is 5.88 Å². The Bertz CT molecular complexity index is 415. The van der Waals surface area contributed by atoms with Crippen molar-refractivity contribution in [2.24, 2.45) is 17.8 Å². The minimum atomic E-state index is 0.638. The Morgan fingerprint density at radius 2 is 1.94 bits per heavy atom. The number of nitrogens with one attached hydrogen (secondary N) is 1. The summed E-state index contributed by atoms with van der Waals surface area (Å²) in [5.41, 5.74) is 0. The zero-order valence-electron chi connectivity index (χ0n) is 11.1. The summed E-state index contributed by atoms with van der Waals surface area (Å²) in [5.74, 6) is 5.08. The molecule has 0 amide bonds. The second-order valence-electron chi connectivity index (χ2n) is 5.56. The number of hydrogen-bond acceptors (Lipinski definition) is 4. The van der Waals surface area contributed by atoms with E-state index >= 15 is 0 Å². The van der Waals surface area contributed by atoms with Crippen LogP contribution in [-0.4, -0.2) is 23.6 Å². The number of anilines is 1. The molecule has 0 unspecified atom stereocenters. The van der Waals surface area contributed by atoms with Crippen LogP contribution in [0.25, 0.3) is 0 Å². The minimum absolute atomic E-state index is 0.638. The van der Waals surface area contributed by atoms with Crippen LogP contribution in [-0.2, 0) is 0 Å². The number of rotatable bonds is 6. The molecule has 3 rings (SSSR count). The summed E-state index contributed by atoms with van der Waals surface area (Å²) in [6.07, 6.45) is 5.70. The molecule has 1 aromatic rings. The average molecular weight is 247 g/mol. The third-order valence-electron chi connectivity index (χ3n) is 4.00. The van der Waals surface area contributed by atoms with Crippen LogP contribution in [0.3, 0.4) is 0 Å². The summed E-state index contributed by atoms with van der Waals surface area (Å²) in [7, 11) is 1.64. The van der Waals surface area contributed by atoms with E-state index in [1.165, 1.54) is 25.7 Å². The van der Waals surface area contributed by atoms with Crippen molar-refractivity contribution in [2.45, 2.75) is 32.6 Å². The van der Waals surface area contributed by atoms with Crippen molar-refractivity contribution in [3.63, 3.8) is 0 Å². The van der Waals surface area contributed by atoms with Gasteiger partial charge in [0.15, 0.2) is 0 Å². The lowest BCUT2D eigenvalue weighted by Crippen LogP contribution is -2.19. The lowest BCUT2D eigenvalue weighted by atomic mass is 9.98. The first kappa shape index (κ1) is 11.8. The molecule has 0 aliphatic heterocycles. The van der Waals surface area contributed by atoms with Crippen molar-refractivity contribution in [1.29, 1.82) is 0 Å². The van der Waals surface area contributed by atoms with Gasteiger partial charge in [-0.2, -0.15) is 4.98 Å². The van der Waals surface area contributed by atoms with Crippen LogP contribution in [0, 0.1) is 24.7 Å². The second-order valence-corrected chi connectivity index (χ2v) is 5.56. The van der Waals surface area contributed by atoms with Gasteiger partial charge in [-0.25, -0.2) is 4.98 Å². The van der Waals surface area contributed by atoms with Gasteiger partial charge in [-0.3, -0.25) is 0 Å². The molecule has 0 bridgehead atoms. The maximum absolute atomic E-state index is 5.17. The van der Waals surface area contributed by atoms with E-state index in [9.17, 15) is 0 Å². The summed E-state index contributed by atoms with van der Waals surface area (Å²) in [6.45, 7) is 2.95. The molecule has 2 aliphatic carbocycles. The van der Waals surface area contributed by atoms with Gasteiger partial charge >= 0.3 is 0 Å². The lowest BCUT2D eigenvalue weighted by Gasteiger charge is -2.17. The molecule has 2 saturated carbocycles. The molecule has 0 atom stereocenters. The highest BCUT2D eigenvalue weighted by Crippen LogP contribution is 2.49. The van der Waals surface area contributed by atoms with E-state index < -0.39 is 0 Å². The first-order chi connectivity index (χ1) is 8.76. The van der Waals surface area contributed by atoms with Gasteiger partial charge < -0.3 is 10.1 Å². The Morgan fingerprint density at radius 1 is 1.28 bits per heavy atom. The van der Waals surface area contributed by atoms with E-state index in [1.807, 2.05) is 13.0 Å². The largest absolute Gasteiger partial charge is 0.481 e. The normalized spacial score (nSPS) is 19.1. The molecule has 4 heteroatoms. The number of methoxy groups -OCH3 is 1. The first-order valence-corrected chi connectivity index (χ1v) is 6.90. The molecule has 2 fully saturated rings. The van der Waals surface area contributed by atoms with Crippen molar-refractivity contribution >= 4 is 5.82 Å². The molecule has 0 radical (unpaired) electrons. The van der Waals surface area contributed by atoms with Crippen LogP contribution in [0.1, 0.15) is 31.5 Å². The summed E-state index contributed by atoms with van der Waals surface area (Å²) in [4.78, 5) is 8.61. The van der Waals surface area contributed by atoms with Crippen molar-refractivity contribution in [3.05, 3.63) is 11.9 Å². The van der Waals surface area contributed by atoms with Gasteiger partial charge in [0.25, 0.3) is 0 Å². The topological polar surface area (TPSA) is 47.0 Å². The molecule has 0 spiro atoms. The minimum Gasteiger partial charge on any atom is -0.481 e. The molecule has 1 aromatic heterocycles. The summed E-state index contributed by atoms with van der Waals surface area (Å²) in [6, 6.07) is 1.88. The van der Waals surface area contributed by atoms with E-state index in [0.717, 1.165) is 35.9 Å². The molecule has 18 heavy (non-hydrogen) atoms. The highest BCUT2D eigenvalue weighted by Gasteiger charge is 2.41. The monoisotopic (exact) mass is 247 g/mol. The molecule has 2 aliphatic rings. The van der Waals surface area contributed by atoms with Crippen molar-refractivity contribution in [2.75, 3.05) is 19.0 Å². The Morgan fingerprint density at radius 3 is 2.50 bits per heavy atom. The number of hydrogen-bond donors (Lipinski definition) is 1. The fourth-order valence-corrected chi connectivity index (χ4v) is 2.72. The van der Waals surface area contributed by atoms with E-state index in [4.69, 9.17) is 4.74 Å². The molecule has 0 saturated heterocycles. The summed E-state index contributed by atoms with van der Waals surface area (Å²) < 4.78 is 5.17. The highest BCUT2D eigenvalue weighted by atomic mass is 16.5. The van der Waals surface area contributed by atoms with E-state index in [1.54, 1.807) is 7.11 Å².